The maximum atomic E-state index is 5.02. The molecule has 0 aromatic carbocycles. The van der Waals surface area contributed by atoms with Gasteiger partial charge in [0.2, 0.25) is 0 Å². The highest BCUT2D eigenvalue weighted by atomic mass is 33.1. The van der Waals surface area contributed by atoms with Crippen LogP contribution in [0.4, 0.5) is 0 Å². The van der Waals surface area contributed by atoms with Gasteiger partial charge in [0.1, 0.15) is 0 Å². The quantitative estimate of drug-likeness (QED) is 0.432. The van der Waals surface area contributed by atoms with Crippen molar-refractivity contribution in [2.75, 3.05) is 5.75 Å². The molecule has 0 atom stereocenters. The molecule has 0 fully saturated rings. The fraction of sp³-hybridized carbons (Fsp3) is 1.00. The molecule has 0 aromatic rings. The molecule has 6 heavy (non-hydrogen) atoms. The van der Waals surface area contributed by atoms with Crippen molar-refractivity contribution in [2.45, 2.75) is 6.92 Å². The highest BCUT2D eigenvalue weighted by Crippen LogP contribution is 2.10. The molecule has 0 radical (unpaired) electrons. The second-order valence-corrected chi connectivity index (χ2v) is 2.79. The van der Waals surface area contributed by atoms with Gasteiger partial charge < -0.3 is 5.48 Å². The van der Waals surface area contributed by atoms with Crippen LogP contribution in [0.1, 0.15) is 6.92 Å². The van der Waals surface area contributed by atoms with E-state index in [1.165, 1.54) is 11.0 Å². The van der Waals surface area contributed by atoms with Gasteiger partial charge in [-0.15, -0.1) is 0 Å². The van der Waals surface area contributed by atoms with Crippen LogP contribution in [-0.2, 0) is 0 Å². The Kier molecular flexibility index (Phi) is 14.9. The van der Waals surface area contributed by atoms with E-state index < -0.39 is 0 Å². The minimum absolute atomic E-state index is 0. The Labute approximate surface area is 45.7 Å². The van der Waals surface area contributed by atoms with Gasteiger partial charge in [0.25, 0.3) is 0 Å². The van der Waals surface area contributed by atoms with Crippen LogP contribution in [0.25, 0.3) is 0 Å². The Balaban J connectivity index is 0. The minimum Gasteiger partial charge on any atom is -0.412 e. The van der Waals surface area contributed by atoms with Crippen molar-refractivity contribution in [1.29, 1.82) is 0 Å². The molecule has 0 aliphatic rings. The third-order valence-corrected chi connectivity index (χ3v) is 1.67. The van der Waals surface area contributed by atoms with E-state index >= 15 is 0 Å². The first-order valence-electron chi connectivity index (χ1n) is 1.40. The molecule has 0 aliphatic carbocycles. The first-order chi connectivity index (χ1) is 2.41. The number of hydrogen-bond donors (Lipinski definition) is 1. The first kappa shape index (κ1) is 9.80. The van der Waals surface area contributed by atoms with Crippen molar-refractivity contribution in [3.63, 3.8) is 0 Å². The zero-order valence-electron chi connectivity index (χ0n) is 3.60. The van der Waals surface area contributed by atoms with Crippen LogP contribution in [-0.4, -0.2) is 11.2 Å². The topological polar surface area (TPSA) is 57.5 Å². The lowest BCUT2D eigenvalue weighted by Gasteiger charge is -1.79. The third kappa shape index (κ3) is 8.82. The van der Waals surface area contributed by atoms with Crippen molar-refractivity contribution < 1.29 is 5.48 Å². The molecule has 0 unspecified atom stereocenters. The lowest BCUT2D eigenvalue weighted by molar-refractivity contribution is 0.824. The van der Waals surface area contributed by atoms with Crippen molar-refractivity contribution in [3.05, 3.63) is 0 Å². The molecule has 0 heterocycles. The zero-order chi connectivity index (χ0) is 4.12. The summed E-state index contributed by atoms with van der Waals surface area (Å²) in [6.07, 6.45) is 0. The Morgan fingerprint density at radius 1 is 1.67 bits per heavy atom. The molecule has 0 aliphatic heterocycles. The van der Waals surface area contributed by atoms with Gasteiger partial charge in [0, 0.05) is 5.75 Å². The summed E-state index contributed by atoms with van der Waals surface area (Å²) >= 11 is 0. The van der Waals surface area contributed by atoms with Gasteiger partial charge in [-0.05, 0) is 11.0 Å². The molecule has 0 amide bonds. The van der Waals surface area contributed by atoms with Crippen LogP contribution in [0.3, 0.4) is 0 Å². The molecule has 0 spiro atoms. The monoisotopic (exact) mass is 127 g/mol. The molecule has 40 valence electrons. The Bertz CT molecular complexity index is 19.0. The zero-order valence-corrected chi connectivity index (χ0v) is 5.23. The van der Waals surface area contributed by atoms with Crippen LogP contribution in [0, 0.1) is 0 Å². The van der Waals surface area contributed by atoms with E-state index in [-0.39, 0.29) is 5.48 Å². The van der Waals surface area contributed by atoms with Crippen LogP contribution in [0.2, 0.25) is 0 Å². The van der Waals surface area contributed by atoms with Crippen molar-refractivity contribution in [2.24, 2.45) is 5.14 Å². The molecule has 0 saturated carbocycles. The average Bonchev–Trinajstić information content (AvgIpc) is 1.41. The van der Waals surface area contributed by atoms with E-state index in [9.17, 15) is 0 Å². The molecular weight excluding hydrogens is 118 g/mol. The smallest absolute Gasteiger partial charge is 0.00208 e. The van der Waals surface area contributed by atoms with Crippen LogP contribution in [0.15, 0.2) is 0 Å². The maximum absolute atomic E-state index is 5.02. The standard InChI is InChI=1S/C2H7NS2.H2O/c1-2-4-5-3;/h2-3H2,1H3;1H2. The van der Waals surface area contributed by atoms with Gasteiger partial charge in [-0.3, -0.25) is 5.14 Å². The van der Waals surface area contributed by atoms with E-state index in [2.05, 4.69) is 6.92 Å². The Morgan fingerprint density at radius 3 is 2.17 bits per heavy atom. The van der Waals surface area contributed by atoms with E-state index in [0.29, 0.717) is 0 Å². The molecule has 4 heteroatoms. The largest absolute Gasteiger partial charge is 0.412 e. The molecule has 0 saturated heterocycles. The van der Waals surface area contributed by atoms with E-state index in [1.807, 2.05) is 0 Å². The summed E-state index contributed by atoms with van der Waals surface area (Å²) in [6.45, 7) is 2.07. The van der Waals surface area contributed by atoms with Crippen LogP contribution >= 0.6 is 21.8 Å². The minimum atomic E-state index is 0. The van der Waals surface area contributed by atoms with E-state index in [0.717, 1.165) is 5.75 Å². The summed E-state index contributed by atoms with van der Waals surface area (Å²) in [5.74, 6) is 1.10. The fourth-order valence-electron chi connectivity index (χ4n) is 0.0680. The number of rotatable bonds is 2. The molecule has 0 rings (SSSR count). The normalized spacial score (nSPS) is 7.00. The summed E-state index contributed by atoms with van der Waals surface area (Å²) < 4.78 is 0. The summed E-state index contributed by atoms with van der Waals surface area (Å²) in [5.41, 5.74) is 0. The van der Waals surface area contributed by atoms with Gasteiger partial charge in [0.05, 0.1) is 0 Å². The molecule has 0 bridgehead atoms. The molecule has 4 N–H and O–H groups in total. The highest BCUT2D eigenvalue weighted by Gasteiger charge is 1.68. The third-order valence-electron chi connectivity index (χ3n) is 0.186. The SMILES string of the molecule is CCSSN.O. The summed E-state index contributed by atoms with van der Waals surface area (Å²) in [4.78, 5) is 0. The Hall–Kier alpha value is 0.620. The second kappa shape index (κ2) is 9.15. The van der Waals surface area contributed by atoms with Crippen molar-refractivity contribution >= 4 is 21.8 Å². The maximum Gasteiger partial charge on any atom is 0.00208 e. The average molecular weight is 127 g/mol. The summed E-state index contributed by atoms with van der Waals surface area (Å²) in [5, 5.41) is 5.02. The second-order valence-electron chi connectivity index (χ2n) is 0.503. The highest BCUT2D eigenvalue weighted by molar-refractivity contribution is 8.75. The van der Waals surface area contributed by atoms with Crippen LogP contribution < -0.4 is 5.14 Å². The van der Waals surface area contributed by atoms with Crippen molar-refractivity contribution in [1.82, 2.24) is 0 Å². The van der Waals surface area contributed by atoms with E-state index in [4.69, 9.17) is 5.14 Å². The molecule has 0 aromatic heterocycles. The number of nitrogens with two attached hydrogens (primary N) is 1. The number of hydrogen-bond acceptors (Lipinski definition) is 3. The first-order valence-corrected chi connectivity index (χ1v) is 3.78. The van der Waals surface area contributed by atoms with Gasteiger partial charge in [-0.25, -0.2) is 0 Å². The summed E-state index contributed by atoms with van der Waals surface area (Å²) in [6, 6.07) is 0. The fourth-order valence-corrected chi connectivity index (χ4v) is 0.612. The van der Waals surface area contributed by atoms with Gasteiger partial charge in [-0.1, -0.05) is 17.7 Å². The predicted molar refractivity (Wildman–Crippen MR) is 33.5 cm³/mol. The van der Waals surface area contributed by atoms with Crippen molar-refractivity contribution in [3.8, 4) is 0 Å². The van der Waals surface area contributed by atoms with Gasteiger partial charge in [-0.2, -0.15) is 0 Å². The molecular formula is C2H9NOS2. The molecule has 2 nitrogen and oxygen atoms in total. The van der Waals surface area contributed by atoms with Crippen LogP contribution in [0.5, 0.6) is 0 Å². The Morgan fingerprint density at radius 2 is 2.17 bits per heavy atom. The van der Waals surface area contributed by atoms with Gasteiger partial charge >= 0.3 is 0 Å². The summed E-state index contributed by atoms with van der Waals surface area (Å²) in [7, 11) is 2.98. The van der Waals surface area contributed by atoms with E-state index in [1.54, 1.807) is 10.8 Å². The lowest BCUT2D eigenvalue weighted by atomic mass is 11.0. The van der Waals surface area contributed by atoms with Gasteiger partial charge in [0.15, 0.2) is 0 Å². The lowest BCUT2D eigenvalue weighted by Crippen LogP contribution is -1.68. The predicted octanol–water partition coefficient (Wildman–Crippen LogP) is 0.437.